The number of carbonyl (C=O) groups is 3. The van der Waals surface area contributed by atoms with Crippen LogP contribution in [0.1, 0.15) is 58.9 Å². The van der Waals surface area contributed by atoms with Gasteiger partial charge in [-0.15, -0.1) is 0 Å². The zero-order valence-electron chi connectivity index (χ0n) is 16.3. The molecule has 1 aliphatic rings. The molecule has 29 heavy (non-hydrogen) atoms. The Balaban J connectivity index is 1.64. The summed E-state index contributed by atoms with van der Waals surface area (Å²) in [4.78, 5) is 37.5. The highest BCUT2D eigenvalue weighted by atomic mass is 35.5. The number of carbonyl (C=O) groups excluding carboxylic acids is 3. The number of ether oxygens (including phenoxy) is 1. The monoisotopic (exact) mass is 413 g/mol. The lowest BCUT2D eigenvalue weighted by Crippen LogP contribution is -2.42. The summed E-state index contributed by atoms with van der Waals surface area (Å²) in [5, 5.41) is 3.47. The minimum Gasteiger partial charge on any atom is -0.452 e. The van der Waals surface area contributed by atoms with Crippen molar-refractivity contribution in [1.29, 1.82) is 0 Å². The third kappa shape index (κ3) is 5.45. The Morgan fingerprint density at radius 3 is 2.34 bits per heavy atom. The van der Waals surface area contributed by atoms with Gasteiger partial charge in [0.05, 0.1) is 5.56 Å². The summed E-state index contributed by atoms with van der Waals surface area (Å²) in [6.07, 6.45) is 4.31. The predicted octanol–water partition coefficient (Wildman–Crippen LogP) is 4.42. The van der Waals surface area contributed by atoms with E-state index in [9.17, 15) is 14.4 Å². The molecule has 0 aliphatic heterocycles. The van der Waals surface area contributed by atoms with Crippen LogP contribution in [-0.2, 0) is 9.53 Å². The van der Waals surface area contributed by atoms with Crippen LogP contribution in [0.15, 0.2) is 48.5 Å². The van der Waals surface area contributed by atoms with Crippen molar-refractivity contribution >= 4 is 29.3 Å². The summed E-state index contributed by atoms with van der Waals surface area (Å²) in [6, 6.07) is 13.0. The van der Waals surface area contributed by atoms with Crippen molar-refractivity contribution in [3.8, 4) is 0 Å². The topological polar surface area (TPSA) is 72.5 Å². The van der Waals surface area contributed by atoms with Gasteiger partial charge in [0.25, 0.3) is 5.91 Å². The Morgan fingerprint density at radius 1 is 1.00 bits per heavy atom. The van der Waals surface area contributed by atoms with Gasteiger partial charge in [0.1, 0.15) is 0 Å². The van der Waals surface area contributed by atoms with E-state index < -0.39 is 5.97 Å². The van der Waals surface area contributed by atoms with Crippen LogP contribution in [0.4, 0.5) is 0 Å². The molecule has 3 rings (SSSR count). The van der Waals surface area contributed by atoms with Gasteiger partial charge in [-0.25, -0.2) is 4.79 Å². The lowest BCUT2D eigenvalue weighted by atomic mass is 9.86. The summed E-state index contributed by atoms with van der Waals surface area (Å²) in [7, 11) is 0. The lowest BCUT2D eigenvalue weighted by Gasteiger charge is -2.29. The number of hydrogen-bond donors (Lipinski definition) is 1. The lowest BCUT2D eigenvalue weighted by molar-refractivity contribution is -0.125. The molecule has 1 amide bonds. The normalized spacial score (nSPS) is 18.7. The second kappa shape index (κ2) is 9.70. The maximum atomic E-state index is 12.8. The molecule has 152 valence electrons. The van der Waals surface area contributed by atoms with Crippen LogP contribution in [0.2, 0.25) is 5.02 Å². The molecule has 1 saturated carbocycles. The van der Waals surface area contributed by atoms with Gasteiger partial charge in [0.2, 0.25) is 0 Å². The average Bonchev–Trinajstić information content (AvgIpc) is 2.74. The molecule has 2 atom stereocenters. The van der Waals surface area contributed by atoms with Crippen LogP contribution >= 0.6 is 11.6 Å². The highest BCUT2D eigenvalue weighted by molar-refractivity contribution is 6.30. The zero-order chi connectivity index (χ0) is 20.8. The fraction of sp³-hybridized carbons (Fsp3) is 0.348. The average molecular weight is 414 g/mol. The molecule has 0 aromatic heterocycles. The quantitative estimate of drug-likeness (QED) is 0.562. The molecule has 2 aromatic carbocycles. The third-order valence-corrected chi connectivity index (χ3v) is 5.54. The molecule has 0 radical (unpaired) electrons. The third-order valence-electron chi connectivity index (χ3n) is 5.29. The van der Waals surface area contributed by atoms with E-state index in [1.54, 1.807) is 42.5 Å². The number of amides is 1. The smallest absolute Gasteiger partial charge is 0.339 e. The van der Waals surface area contributed by atoms with Gasteiger partial charge in [0, 0.05) is 22.2 Å². The molecule has 1 fully saturated rings. The Kier molecular flexibility index (Phi) is 7.04. The largest absolute Gasteiger partial charge is 0.452 e. The molecular formula is C23H24ClNO4. The van der Waals surface area contributed by atoms with Crippen molar-refractivity contribution < 1.29 is 19.1 Å². The first-order valence-electron chi connectivity index (χ1n) is 9.81. The Bertz CT molecular complexity index is 894. The van der Waals surface area contributed by atoms with Gasteiger partial charge >= 0.3 is 5.97 Å². The molecule has 0 bridgehead atoms. The molecule has 5 nitrogen and oxygen atoms in total. The van der Waals surface area contributed by atoms with Crippen LogP contribution in [0.3, 0.4) is 0 Å². The second-order valence-electron chi connectivity index (χ2n) is 7.39. The van der Waals surface area contributed by atoms with E-state index in [1.807, 2.05) is 0 Å². The van der Waals surface area contributed by atoms with E-state index in [0.29, 0.717) is 16.5 Å². The molecule has 1 N–H and O–H groups in total. The number of ketones is 1. The fourth-order valence-corrected chi connectivity index (χ4v) is 3.73. The highest BCUT2D eigenvalue weighted by Crippen LogP contribution is 2.23. The minimum atomic E-state index is -0.699. The van der Waals surface area contributed by atoms with Gasteiger partial charge in [0.15, 0.2) is 12.4 Å². The van der Waals surface area contributed by atoms with E-state index >= 15 is 0 Å². The van der Waals surface area contributed by atoms with E-state index in [4.69, 9.17) is 16.3 Å². The molecule has 2 aromatic rings. The van der Waals surface area contributed by atoms with Crippen LogP contribution in [0, 0.1) is 5.92 Å². The first-order valence-corrected chi connectivity index (χ1v) is 10.2. The molecule has 0 unspecified atom stereocenters. The molecule has 0 heterocycles. The summed E-state index contributed by atoms with van der Waals surface area (Å²) in [6.45, 7) is 1.75. The fourth-order valence-electron chi connectivity index (χ4n) is 3.60. The number of halogens is 1. The van der Waals surface area contributed by atoms with Gasteiger partial charge in [-0.05, 0) is 49.1 Å². The number of esters is 1. The van der Waals surface area contributed by atoms with Gasteiger partial charge in [-0.2, -0.15) is 0 Å². The van der Waals surface area contributed by atoms with Crippen molar-refractivity contribution in [2.75, 3.05) is 6.61 Å². The van der Waals surface area contributed by atoms with Crippen LogP contribution < -0.4 is 5.32 Å². The zero-order valence-corrected chi connectivity index (χ0v) is 17.1. The van der Waals surface area contributed by atoms with Crippen molar-refractivity contribution in [2.24, 2.45) is 5.92 Å². The molecular weight excluding hydrogens is 390 g/mol. The standard InChI is InChI=1S/C23H24ClNO4/c1-15-6-2-5-9-20(15)25-21(26)14-29-23(28)19-8-4-3-7-18(19)22(27)16-10-12-17(24)13-11-16/h3-4,7-8,10-13,15,20H,2,5-6,9,14H2,1H3,(H,25,26)/t15-,20+/m0/s1. The summed E-state index contributed by atoms with van der Waals surface area (Å²) in [5.41, 5.74) is 0.770. The van der Waals surface area contributed by atoms with E-state index in [1.165, 1.54) is 12.5 Å². The first-order chi connectivity index (χ1) is 14.0. The van der Waals surface area contributed by atoms with Gasteiger partial charge < -0.3 is 10.1 Å². The van der Waals surface area contributed by atoms with E-state index in [0.717, 1.165) is 19.3 Å². The highest BCUT2D eigenvalue weighted by Gasteiger charge is 2.24. The molecule has 1 aliphatic carbocycles. The Hall–Kier alpha value is -2.66. The van der Waals surface area contributed by atoms with Crippen LogP contribution in [0.25, 0.3) is 0 Å². The summed E-state index contributed by atoms with van der Waals surface area (Å²) in [5.74, 6) is -0.913. The van der Waals surface area contributed by atoms with Crippen molar-refractivity contribution in [3.05, 3.63) is 70.2 Å². The second-order valence-corrected chi connectivity index (χ2v) is 7.83. The number of benzene rings is 2. The SMILES string of the molecule is C[C@H]1CCCC[C@H]1NC(=O)COC(=O)c1ccccc1C(=O)c1ccc(Cl)cc1. The van der Waals surface area contributed by atoms with Crippen molar-refractivity contribution in [3.63, 3.8) is 0 Å². The number of hydrogen-bond acceptors (Lipinski definition) is 4. The number of nitrogens with one attached hydrogen (secondary N) is 1. The Morgan fingerprint density at radius 2 is 1.66 bits per heavy atom. The molecule has 0 spiro atoms. The Labute approximate surface area is 175 Å². The first kappa shape index (κ1) is 21.1. The number of rotatable bonds is 6. The van der Waals surface area contributed by atoms with Crippen molar-refractivity contribution in [2.45, 2.75) is 38.6 Å². The van der Waals surface area contributed by atoms with Gasteiger partial charge in [-0.3, -0.25) is 9.59 Å². The molecule has 0 saturated heterocycles. The minimum absolute atomic E-state index is 0.119. The summed E-state index contributed by atoms with van der Waals surface area (Å²) >= 11 is 5.87. The van der Waals surface area contributed by atoms with Crippen LogP contribution in [0.5, 0.6) is 0 Å². The maximum absolute atomic E-state index is 12.8. The van der Waals surface area contributed by atoms with E-state index in [2.05, 4.69) is 12.2 Å². The van der Waals surface area contributed by atoms with Crippen LogP contribution in [-0.4, -0.2) is 30.3 Å². The predicted molar refractivity (Wildman–Crippen MR) is 111 cm³/mol. The van der Waals surface area contributed by atoms with E-state index in [-0.39, 0.29) is 35.5 Å². The molecule has 6 heteroatoms. The van der Waals surface area contributed by atoms with Gasteiger partial charge in [-0.1, -0.05) is 49.6 Å². The van der Waals surface area contributed by atoms with Crippen molar-refractivity contribution in [1.82, 2.24) is 5.32 Å². The maximum Gasteiger partial charge on any atom is 0.339 e. The summed E-state index contributed by atoms with van der Waals surface area (Å²) < 4.78 is 5.19.